The van der Waals surface area contributed by atoms with Crippen molar-refractivity contribution in [1.29, 1.82) is 0 Å². The van der Waals surface area contributed by atoms with Gasteiger partial charge in [-0.05, 0) is 24.1 Å². The standard InChI is InChI=1S/C15H13F2N5O/c16-11-2-1-8(3-12(11)17)13-4-9(23)6-22(13)15-10-5-20-21-14(10)18-7-19-15/h1-3,5,7,9,13,23H,4,6H2,(H,18,19,20,21). The molecular weight excluding hydrogens is 304 g/mol. The molecule has 2 aromatic heterocycles. The van der Waals surface area contributed by atoms with Crippen LogP contribution in [0, 0.1) is 11.6 Å². The number of anilines is 1. The van der Waals surface area contributed by atoms with E-state index < -0.39 is 17.7 Å². The molecule has 1 aliphatic heterocycles. The summed E-state index contributed by atoms with van der Waals surface area (Å²) in [7, 11) is 0. The summed E-state index contributed by atoms with van der Waals surface area (Å²) in [6.07, 6.45) is 2.85. The van der Waals surface area contributed by atoms with Crippen molar-refractivity contribution >= 4 is 16.9 Å². The Balaban J connectivity index is 1.79. The third-order valence-electron chi connectivity index (χ3n) is 4.11. The van der Waals surface area contributed by atoms with E-state index in [1.165, 1.54) is 18.5 Å². The largest absolute Gasteiger partial charge is 0.391 e. The van der Waals surface area contributed by atoms with Gasteiger partial charge in [0.25, 0.3) is 0 Å². The van der Waals surface area contributed by atoms with Gasteiger partial charge >= 0.3 is 0 Å². The van der Waals surface area contributed by atoms with E-state index >= 15 is 0 Å². The molecule has 0 amide bonds. The molecule has 118 valence electrons. The molecule has 0 aliphatic carbocycles. The maximum Gasteiger partial charge on any atom is 0.160 e. The fraction of sp³-hybridized carbons (Fsp3) is 0.267. The molecule has 1 saturated heterocycles. The molecule has 0 saturated carbocycles. The minimum atomic E-state index is -0.903. The van der Waals surface area contributed by atoms with Crippen molar-refractivity contribution < 1.29 is 13.9 Å². The molecule has 8 heteroatoms. The monoisotopic (exact) mass is 317 g/mol. The molecule has 2 atom stereocenters. The second-order valence-corrected chi connectivity index (χ2v) is 5.56. The first-order chi connectivity index (χ1) is 11.1. The van der Waals surface area contributed by atoms with Gasteiger partial charge in [-0.15, -0.1) is 0 Å². The highest BCUT2D eigenvalue weighted by atomic mass is 19.2. The van der Waals surface area contributed by atoms with Crippen LogP contribution >= 0.6 is 0 Å². The highest BCUT2D eigenvalue weighted by Gasteiger charge is 2.34. The summed E-state index contributed by atoms with van der Waals surface area (Å²) in [5, 5.41) is 17.5. The Morgan fingerprint density at radius 2 is 2.09 bits per heavy atom. The van der Waals surface area contributed by atoms with Crippen LogP contribution in [0.2, 0.25) is 0 Å². The maximum absolute atomic E-state index is 13.6. The zero-order valence-electron chi connectivity index (χ0n) is 11.9. The molecule has 3 aromatic rings. The summed E-state index contributed by atoms with van der Waals surface area (Å²) in [6, 6.07) is 3.50. The van der Waals surface area contributed by atoms with Crippen LogP contribution in [0.5, 0.6) is 0 Å². The molecule has 2 N–H and O–H groups in total. The molecule has 6 nitrogen and oxygen atoms in total. The Hall–Kier alpha value is -2.61. The van der Waals surface area contributed by atoms with Crippen LogP contribution in [-0.2, 0) is 0 Å². The number of fused-ring (bicyclic) bond motifs is 1. The van der Waals surface area contributed by atoms with Gasteiger partial charge in [0.1, 0.15) is 12.1 Å². The van der Waals surface area contributed by atoms with Crippen LogP contribution in [-0.4, -0.2) is 37.9 Å². The van der Waals surface area contributed by atoms with E-state index in [2.05, 4.69) is 20.2 Å². The van der Waals surface area contributed by atoms with Crippen LogP contribution < -0.4 is 4.90 Å². The van der Waals surface area contributed by atoms with E-state index in [4.69, 9.17) is 0 Å². The molecule has 1 aliphatic rings. The third-order valence-corrected chi connectivity index (χ3v) is 4.11. The second kappa shape index (κ2) is 5.24. The number of hydrogen-bond donors (Lipinski definition) is 2. The van der Waals surface area contributed by atoms with E-state index in [1.54, 1.807) is 6.20 Å². The number of benzene rings is 1. The average Bonchev–Trinajstić information content (AvgIpc) is 3.16. The maximum atomic E-state index is 13.6. The van der Waals surface area contributed by atoms with E-state index in [9.17, 15) is 13.9 Å². The Morgan fingerprint density at radius 1 is 1.22 bits per heavy atom. The highest BCUT2D eigenvalue weighted by molar-refractivity contribution is 5.86. The average molecular weight is 317 g/mol. The van der Waals surface area contributed by atoms with Crippen molar-refractivity contribution in [3.8, 4) is 0 Å². The van der Waals surface area contributed by atoms with E-state index in [0.29, 0.717) is 35.4 Å². The molecule has 0 bridgehead atoms. The Bertz CT molecular complexity index is 868. The number of rotatable bonds is 2. The highest BCUT2D eigenvalue weighted by Crippen LogP contribution is 2.37. The lowest BCUT2D eigenvalue weighted by molar-refractivity contribution is 0.194. The van der Waals surface area contributed by atoms with Gasteiger partial charge in [-0.25, -0.2) is 18.7 Å². The molecular formula is C15H13F2N5O. The van der Waals surface area contributed by atoms with Gasteiger partial charge in [0, 0.05) is 6.54 Å². The topological polar surface area (TPSA) is 77.9 Å². The van der Waals surface area contributed by atoms with E-state index in [1.807, 2.05) is 4.90 Å². The van der Waals surface area contributed by atoms with Crippen molar-refractivity contribution in [3.63, 3.8) is 0 Å². The lowest BCUT2D eigenvalue weighted by atomic mass is 10.0. The molecule has 0 radical (unpaired) electrons. The Labute approximate surface area is 129 Å². The number of H-pyrrole nitrogens is 1. The summed E-state index contributed by atoms with van der Waals surface area (Å²) in [5.41, 5.74) is 1.18. The number of hydrogen-bond acceptors (Lipinski definition) is 5. The van der Waals surface area contributed by atoms with Crippen molar-refractivity contribution in [3.05, 3.63) is 47.9 Å². The van der Waals surface area contributed by atoms with Gasteiger partial charge in [0.05, 0.1) is 23.7 Å². The van der Waals surface area contributed by atoms with Gasteiger partial charge in [0.2, 0.25) is 0 Å². The quantitative estimate of drug-likeness (QED) is 0.755. The zero-order valence-corrected chi connectivity index (χ0v) is 11.9. The number of halogens is 2. The van der Waals surface area contributed by atoms with Crippen LogP contribution in [0.3, 0.4) is 0 Å². The van der Waals surface area contributed by atoms with Crippen LogP contribution in [0.15, 0.2) is 30.7 Å². The van der Waals surface area contributed by atoms with Crippen molar-refractivity contribution in [2.75, 3.05) is 11.4 Å². The predicted molar refractivity (Wildman–Crippen MR) is 78.8 cm³/mol. The first-order valence-corrected chi connectivity index (χ1v) is 7.17. The van der Waals surface area contributed by atoms with E-state index in [0.717, 1.165) is 6.07 Å². The number of aromatic amines is 1. The number of aliphatic hydroxyl groups is 1. The van der Waals surface area contributed by atoms with Gasteiger partial charge in [-0.1, -0.05) is 6.07 Å². The fourth-order valence-electron chi connectivity index (χ4n) is 3.06. The van der Waals surface area contributed by atoms with Crippen molar-refractivity contribution in [2.45, 2.75) is 18.6 Å². The molecule has 23 heavy (non-hydrogen) atoms. The summed E-state index contributed by atoms with van der Waals surface area (Å²) < 4.78 is 26.7. The first kappa shape index (κ1) is 14.0. The number of nitrogens with zero attached hydrogens (tertiary/aromatic N) is 4. The number of aromatic nitrogens is 4. The lowest BCUT2D eigenvalue weighted by Crippen LogP contribution is -2.25. The second-order valence-electron chi connectivity index (χ2n) is 5.56. The SMILES string of the molecule is OC1CC(c2ccc(F)c(F)c2)N(c2ncnc3[nH]ncc23)C1. The van der Waals surface area contributed by atoms with Crippen LogP contribution in [0.1, 0.15) is 18.0 Å². The Kier molecular flexibility index (Phi) is 3.19. The molecule has 0 spiro atoms. The number of β-amino-alcohol motifs (C(OH)–C–C–N with tert-alkyl or cyclic N) is 1. The molecule has 1 fully saturated rings. The summed E-state index contributed by atoms with van der Waals surface area (Å²) >= 11 is 0. The summed E-state index contributed by atoms with van der Waals surface area (Å²) in [6.45, 7) is 0.348. The normalized spacial score (nSPS) is 21.3. The molecule has 2 unspecified atom stereocenters. The predicted octanol–water partition coefficient (Wildman–Crippen LogP) is 1.94. The first-order valence-electron chi connectivity index (χ1n) is 7.17. The summed E-state index contributed by atoms with van der Waals surface area (Å²) in [5.74, 6) is -1.19. The van der Waals surface area contributed by atoms with Crippen LogP contribution in [0.4, 0.5) is 14.6 Å². The van der Waals surface area contributed by atoms with Gasteiger partial charge < -0.3 is 10.0 Å². The van der Waals surface area contributed by atoms with Crippen molar-refractivity contribution in [2.24, 2.45) is 0 Å². The van der Waals surface area contributed by atoms with Crippen molar-refractivity contribution in [1.82, 2.24) is 20.2 Å². The van der Waals surface area contributed by atoms with Gasteiger partial charge in [0.15, 0.2) is 17.3 Å². The molecule has 1 aromatic carbocycles. The van der Waals surface area contributed by atoms with Gasteiger partial charge in [-0.3, -0.25) is 5.10 Å². The number of nitrogens with one attached hydrogen (secondary N) is 1. The fourth-order valence-corrected chi connectivity index (χ4v) is 3.06. The smallest absolute Gasteiger partial charge is 0.160 e. The molecule has 3 heterocycles. The Morgan fingerprint density at radius 3 is 2.91 bits per heavy atom. The van der Waals surface area contributed by atoms with Crippen LogP contribution in [0.25, 0.3) is 11.0 Å². The number of aliphatic hydroxyl groups excluding tert-OH is 1. The third kappa shape index (κ3) is 2.31. The minimum Gasteiger partial charge on any atom is -0.391 e. The zero-order chi connectivity index (χ0) is 16.0. The minimum absolute atomic E-state index is 0.298. The molecule has 4 rings (SSSR count). The lowest BCUT2D eigenvalue weighted by Gasteiger charge is -2.26. The van der Waals surface area contributed by atoms with Gasteiger partial charge in [-0.2, -0.15) is 5.10 Å². The summed E-state index contributed by atoms with van der Waals surface area (Å²) in [4.78, 5) is 10.2. The van der Waals surface area contributed by atoms with E-state index in [-0.39, 0.29) is 6.04 Å².